The summed E-state index contributed by atoms with van der Waals surface area (Å²) in [6.45, 7) is 2.59. The molecule has 138 valence electrons. The quantitative estimate of drug-likeness (QED) is 0.427. The van der Waals surface area contributed by atoms with Gasteiger partial charge in [-0.15, -0.1) is 0 Å². The second kappa shape index (κ2) is 7.89. The van der Waals surface area contributed by atoms with E-state index in [2.05, 4.69) is 16.8 Å². The molecule has 4 nitrogen and oxygen atoms in total. The van der Waals surface area contributed by atoms with Gasteiger partial charge in [0.25, 0.3) is 0 Å². The van der Waals surface area contributed by atoms with Gasteiger partial charge in [0.15, 0.2) is 5.43 Å². The molecule has 3 aromatic carbocycles. The Labute approximate surface area is 162 Å². The fourth-order valence-corrected chi connectivity index (χ4v) is 2.97. The van der Waals surface area contributed by atoms with Crippen LogP contribution in [0.5, 0.6) is 11.5 Å². The molecule has 0 saturated carbocycles. The average molecular weight is 369 g/mol. The zero-order valence-corrected chi connectivity index (χ0v) is 15.5. The Morgan fingerprint density at radius 2 is 1.43 bits per heavy atom. The van der Waals surface area contributed by atoms with Gasteiger partial charge in [-0.05, 0) is 43.3 Å². The van der Waals surface area contributed by atoms with Crippen molar-refractivity contribution in [3.05, 3.63) is 82.5 Å². The summed E-state index contributed by atoms with van der Waals surface area (Å²) in [6, 6.07) is 20.7. The Morgan fingerprint density at radius 1 is 0.786 bits per heavy atom. The molecule has 4 rings (SSSR count). The van der Waals surface area contributed by atoms with Crippen LogP contribution in [0, 0.1) is 18.8 Å². The second-order valence-corrected chi connectivity index (χ2v) is 6.45. The summed E-state index contributed by atoms with van der Waals surface area (Å²) in [5.41, 5.74) is 2.77. The maximum absolute atomic E-state index is 12.6. The lowest BCUT2D eigenvalue weighted by Gasteiger charge is -2.06. The molecule has 0 aliphatic carbocycles. The molecule has 0 saturated heterocycles. The van der Waals surface area contributed by atoms with E-state index in [1.165, 1.54) is 5.56 Å². The van der Waals surface area contributed by atoms with Crippen LogP contribution >= 0.6 is 0 Å². The number of hydrogen-bond acceptors (Lipinski definition) is 3. The van der Waals surface area contributed by atoms with Gasteiger partial charge in [-0.2, -0.15) is 0 Å². The zero-order chi connectivity index (χ0) is 19.3. The molecular weight excluding hydrogens is 350 g/mol. The highest BCUT2D eigenvalue weighted by Crippen LogP contribution is 2.20. The van der Waals surface area contributed by atoms with Crippen LogP contribution in [0.25, 0.3) is 21.8 Å². The van der Waals surface area contributed by atoms with Gasteiger partial charge >= 0.3 is 0 Å². The van der Waals surface area contributed by atoms with E-state index in [-0.39, 0.29) is 12.0 Å². The van der Waals surface area contributed by atoms with Gasteiger partial charge in [0.1, 0.15) is 24.7 Å². The molecule has 1 heterocycles. The van der Waals surface area contributed by atoms with Crippen LogP contribution in [-0.4, -0.2) is 18.2 Å². The van der Waals surface area contributed by atoms with Crippen molar-refractivity contribution in [1.82, 2.24) is 4.98 Å². The molecule has 28 heavy (non-hydrogen) atoms. The number of aryl methyl sites for hydroxylation is 1. The number of benzene rings is 3. The first-order chi connectivity index (χ1) is 13.7. The van der Waals surface area contributed by atoms with Crippen molar-refractivity contribution in [3.8, 4) is 23.3 Å². The van der Waals surface area contributed by atoms with Gasteiger partial charge in [-0.3, -0.25) is 4.79 Å². The molecule has 0 fully saturated rings. The minimum Gasteiger partial charge on any atom is -0.481 e. The summed E-state index contributed by atoms with van der Waals surface area (Å²) >= 11 is 0. The van der Waals surface area contributed by atoms with Gasteiger partial charge in [-0.1, -0.05) is 41.7 Å². The summed E-state index contributed by atoms with van der Waals surface area (Å²) in [5, 5.41) is 1.33. The number of pyridine rings is 1. The maximum Gasteiger partial charge on any atom is 0.197 e. The lowest BCUT2D eigenvalue weighted by molar-refractivity contribution is 0.362. The second-order valence-electron chi connectivity index (χ2n) is 6.45. The molecule has 0 amide bonds. The van der Waals surface area contributed by atoms with Crippen molar-refractivity contribution < 1.29 is 9.47 Å². The summed E-state index contributed by atoms with van der Waals surface area (Å²) < 4.78 is 11.2. The maximum atomic E-state index is 12.6. The average Bonchev–Trinajstić information content (AvgIpc) is 2.72. The minimum atomic E-state index is 0.0175. The molecule has 1 aromatic heterocycles. The largest absolute Gasteiger partial charge is 0.481 e. The molecule has 0 atom stereocenters. The highest BCUT2D eigenvalue weighted by Gasteiger charge is 2.05. The van der Waals surface area contributed by atoms with E-state index < -0.39 is 0 Å². The SMILES string of the molecule is Cc1ccc(OCC#CCOc2ccc3c(=O)c4ccccc4[nH]c3c2)cc1. The van der Waals surface area contributed by atoms with E-state index in [0.717, 1.165) is 16.8 Å². The summed E-state index contributed by atoms with van der Waals surface area (Å²) in [6.07, 6.45) is 0. The molecule has 0 aliphatic rings. The Balaban J connectivity index is 1.41. The fourth-order valence-electron chi connectivity index (χ4n) is 2.97. The third-order valence-corrected chi connectivity index (χ3v) is 4.44. The number of ether oxygens (including phenoxy) is 2. The lowest BCUT2D eigenvalue weighted by Crippen LogP contribution is -2.04. The Morgan fingerprint density at radius 3 is 2.21 bits per heavy atom. The first-order valence-corrected chi connectivity index (χ1v) is 9.03. The summed E-state index contributed by atoms with van der Waals surface area (Å²) in [5.74, 6) is 7.33. The van der Waals surface area contributed by atoms with E-state index in [4.69, 9.17) is 9.47 Å². The first kappa shape index (κ1) is 17.7. The topological polar surface area (TPSA) is 51.3 Å². The van der Waals surface area contributed by atoms with Gasteiger partial charge < -0.3 is 14.5 Å². The monoisotopic (exact) mass is 369 g/mol. The van der Waals surface area contributed by atoms with E-state index in [1.54, 1.807) is 12.1 Å². The standard InChI is InChI=1S/C24H19NO3/c1-17-8-10-18(11-9-17)27-14-4-5-15-28-19-12-13-21-23(16-19)25-22-7-3-2-6-20(22)24(21)26/h2-3,6-13,16H,14-15H2,1H3,(H,25,26). The number of para-hydroxylation sites is 1. The number of rotatable bonds is 4. The van der Waals surface area contributed by atoms with Crippen molar-refractivity contribution in [2.24, 2.45) is 0 Å². The molecule has 0 spiro atoms. The molecule has 4 aromatic rings. The van der Waals surface area contributed by atoms with E-state index in [1.807, 2.05) is 61.5 Å². The molecule has 0 radical (unpaired) electrons. The van der Waals surface area contributed by atoms with Crippen LogP contribution in [0.3, 0.4) is 0 Å². The van der Waals surface area contributed by atoms with Gasteiger partial charge in [-0.25, -0.2) is 0 Å². The van der Waals surface area contributed by atoms with Crippen LogP contribution in [-0.2, 0) is 0 Å². The Hall–Kier alpha value is -3.71. The highest BCUT2D eigenvalue weighted by atomic mass is 16.5. The number of aromatic nitrogens is 1. The van der Waals surface area contributed by atoms with Crippen molar-refractivity contribution in [2.45, 2.75) is 6.92 Å². The molecule has 0 aliphatic heterocycles. The normalized spacial score (nSPS) is 10.5. The van der Waals surface area contributed by atoms with E-state index >= 15 is 0 Å². The van der Waals surface area contributed by atoms with Crippen LogP contribution in [0.4, 0.5) is 0 Å². The number of aromatic amines is 1. The number of hydrogen-bond donors (Lipinski definition) is 1. The number of H-pyrrole nitrogens is 1. The molecule has 0 unspecified atom stereocenters. The third kappa shape index (κ3) is 3.84. The van der Waals surface area contributed by atoms with Crippen LogP contribution in [0.1, 0.15) is 5.56 Å². The zero-order valence-electron chi connectivity index (χ0n) is 15.5. The molecule has 1 N–H and O–H groups in total. The number of fused-ring (bicyclic) bond motifs is 2. The smallest absolute Gasteiger partial charge is 0.197 e. The lowest BCUT2D eigenvalue weighted by atomic mass is 10.1. The predicted octanol–water partition coefficient (Wildman–Crippen LogP) is 4.45. The van der Waals surface area contributed by atoms with Crippen LogP contribution in [0.15, 0.2) is 71.5 Å². The van der Waals surface area contributed by atoms with Gasteiger partial charge in [0.2, 0.25) is 0 Å². The molecular formula is C24H19NO3. The van der Waals surface area contributed by atoms with E-state index in [9.17, 15) is 4.79 Å². The van der Waals surface area contributed by atoms with Crippen molar-refractivity contribution in [1.29, 1.82) is 0 Å². The first-order valence-electron chi connectivity index (χ1n) is 9.03. The van der Waals surface area contributed by atoms with Crippen LogP contribution < -0.4 is 14.9 Å². The van der Waals surface area contributed by atoms with Crippen molar-refractivity contribution in [2.75, 3.05) is 13.2 Å². The summed E-state index contributed by atoms with van der Waals surface area (Å²) in [4.78, 5) is 15.9. The van der Waals surface area contributed by atoms with Gasteiger partial charge in [0.05, 0.1) is 5.52 Å². The summed E-state index contributed by atoms with van der Waals surface area (Å²) in [7, 11) is 0. The third-order valence-electron chi connectivity index (χ3n) is 4.44. The van der Waals surface area contributed by atoms with E-state index in [0.29, 0.717) is 23.1 Å². The van der Waals surface area contributed by atoms with Gasteiger partial charge in [0, 0.05) is 22.4 Å². The number of nitrogens with one attached hydrogen (secondary N) is 1. The fraction of sp³-hybridized carbons (Fsp3) is 0.125. The minimum absolute atomic E-state index is 0.0175. The molecule has 4 heteroatoms. The predicted molar refractivity (Wildman–Crippen MR) is 112 cm³/mol. The Bertz CT molecular complexity index is 1240. The highest BCUT2D eigenvalue weighted by molar-refractivity contribution is 5.92. The van der Waals surface area contributed by atoms with Crippen molar-refractivity contribution >= 4 is 21.8 Å². The van der Waals surface area contributed by atoms with Crippen molar-refractivity contribution in [3.63, 3.8) is 0 Å². The molecule has 0 bridgehead atoms. The van der Waals surface area contributed by atoms with Crippen LogP contribution in [0.2, 0.25) is 0 Å². The Kier molecular flexibility index (Phi) is 4.99.